The summed E-state index contributed by atoms with van der Waals surface area (Å²) in [5.41, 5.74) is 0.417. The Morgan fingerprint density at radius 1 is 0.684 bits per heavy atom. The summed E-state index contributed by atoms with van der Waals surface area (Å²) in [6, 6.07) is 0. The average Bonchev–Trinajstić information content (AvgIpc) is 2.37. The number of rotatable bonds is 12. The molecule has 0 aromatic heterocycles. The van der Waals surface area contributed by atoms with Crippen LogP contribution in [0.2, 0.25) is 0 Å². The molecule has 2 nitrogen and oxygen atoms in total. The van der Waals surface area contributed by atoms with Crippen LogP contribution < -0.4 is 0 Å². The minimum atomic E-state index is 0.417. The van der Waals surface area contributed by atoms with Gasteiger partial charge in [0, 0.05) is 27.4 Å². The lowest BCUT2D eigenvalue weighted by atomic mass is 9.72. The van der Waals surface area contributed by atoms with Crippen molar-refractivity contribution in [2.24, 2.45) is 17.3 Å². The van der Waals surface area contributed by atoms with Crippen LogP contribution in [0.1, 0.15) is 66.2 Å². The van der Waals surface area contributed by atoms with Crippen molar-refractivity contribution in [1.29, 1.82) is 0 Å². The molecule has 0 atom stereocenters. The predicted molar refractivity (Wildman–Crippen MR) is 83.6 cm³/mol. The van der Waals surface area contributed by atoms with E-state index in [4.69, 9.17) is 9.47 Å². The zero-order valence-electron chi connectivity index (χ0n) is 14.1. The lowest BCUT2D eigenvalue weighted by molar-refractivity contribution is 0.0712. The summed E-state index contributed by atoms with van der Waals surface area (Å²) in [6.45, 7) is 11.0. The molecule has 0 unspecified atom stereocenters. The molecule has 116 valence electrons. The Bertz CT molecular complexity index is 177. The van der Waals surface area contributed by atoms with Crippen molar-refractivity contribution in [3.8, 4) is 0 Å². The first-order valence-corrected chi connectivity index (χ1v) is 7.93. The van der Waals surface area contributed by atoms with Crippen molar-refractivity contribution in [2.75, 3.05) is 27.4 Å². The molecule has 0 aromatic carbocycles. The highest BCUT2D eigenvalue weighted by Crippen LogP contribution is 2.39. The molecular weight excluding hydrogens is 236 g/mol. The van der Waals surface area contributed by atoms with Crippen LogP contribution in [0.25, 0.3) is 0 Å². The van der Waals surface area contributed by atoms with E-state index in [-0.39, 0.29) is 0 Å². The van der Waals surface area contributed by atoms with E-state index < -0.39 is 0 Å². The molecule has 0 bridgehead atoms. The van der Waals surface area contributed by atoms with E-state index in [1.807, 2.05) is 14.2 Å². The molecular formula is C17H36O2. The summed E-state index contributed by atoms with van der Waals surface area (Å²) in [5.74, 6) is 1.56. The molecule has 0 amide bonds. The van der Waals surface area contributed by atoms with Crippen molar-refractivity contribution >= 4 is 0 Å². The van der Waals surface area contributed by atoms with E-state index in [1.54, 1.807) is 0 Å². The zero-order chi connectivity index (χ0) is 14.7. The first-order valence-electron chi connectivity index (χ1n) is 7.93. The van der Waals surface area contributed by atoms with E-state index in [1.165, 1.54) is 38.5 Å². The minimum absolute atomic E-state index is 0.417. The van der Waals surface area contributed by atoms with Crippen LogP contribution >= 0.6 is 0 Å². The van der Waals surface area contributed by atoms with Gasteiger partial charge in [-0.2, -0.15) is 0 Å². The smallest absolute Gasteiger partial charge is 0.0467 e. The predicted octanol–water partition coefficient (Wildman–Crippen LogP) is 4.92. The Labute approximate surface area is 121 Å². The van der Waals surface area contributed by atoms with E-state index in [2.05, 4.69) is 27.7 Å². The molecule has 0 heterocycles. The van der Waals surface area contributed by atoms with Crippen molar-refractivity contribution in [1.82, 2.24) is 0 Å². The van der Waals surface area contributed by atoms with Gasteiger partial charge in [-0.05, 0) is 42.9 Å². The van der Waals surface area contributed by atoms with Gasteiger partial charge in [0.15, 0.2) is 0 Å². The molecule has 2 heteroatoms. The fourth-order valence-corrected chi connectivity index (χ4v) is 2.58. The molecule has 0 aliphatic rings. The second-order valence-corrected chi connectivity index (χ2v) is 6.85. The number of hydrogen-bond donors (Lipinski definition) is 0. The highest BCUT2D eigenvalue weighted by molar-refractivity contribution is 4.80. The van der Waals surface area contributed by atoms with Crippen LogP contribution in [0.15, 0.2) is 0 Å². The third-order valence-electron chi connectivity index (χ3n) is 4.18. The molecule has 0 aromatic rings. The second-order valence-electron chi connectivity index (χ2n) is 6.85. The molecule has 0 aliphatic carbocycles. The normalized spacial score (nSPS) is 12.6. The minimum Gasteiger partial charge on any atom is -0.385 e. The quantitative estimate of drug-likeness (QED) is 0.502. The van der Waals surface area contributed by atoms with Gasteiger partial charge in [-0.1, -0.05) is 40.5 Å². The average molecular weight is 272 g/mol. The summed E-state index contributed by atoms with van der Waals surface area (Å²) in [5, 5.41) is 0. The Balaban J connectivity index is 4.62. The Morgan fingerprint density at radius 2 is 1.05 bits per heavy atom. The van der Waals surface area contributed by atoms with Crippen LogP contribution in [0.5, 0.6) is 0 Å². The molecule has 0 fully saturated rings. The van der Waals surface area contributed by atoms with Gasteiger partial charge in [0.25, 0.3) is 0 Å². The van der Waals surface area contributed by atoms with Gasteiger partial charge in [0.1, 0.15) is 0 Å². The number of methoxy groups -OCH3 is 2. The maximum Gasteiger partial charge on any atom is 0.0467 e. The van der Waals surface area contributed by atoms with Gasteiger partial charge >= 0.3 is 0 Å². The molecule has 0 radical (unpaired) electrons. The highest BCUT2D eigenvalue weighted by atomic mass is 16.5. The third-order valence-corrected chi connectivity index (χ3v) is 4.18. The zero-order valence-corrected chi connectivity index (χ0v) is 14.1. The molecule has 0 saturated carbocycles. The van der Waals surface area contributed by atoms with Gasteiger partial charge in [-0.3, -0.25) is 0 Å². The summed E-state index contributed by atoms with van der Waals surface area (Å²) in [6.07, 6.45) is 7.59. The topological polar surface area (TPSA) is 18.5 Å². The van der Waals surface area contributed by atoms with Gasteiger partial charge in [-0.25, -0.2) is 0 Å². The number of ether oxygens (including phenoxy) is 2. The van der Waals surface area contributed by atoms with E-state index in [9.17, 15) is 0 Å². The molecule has 0 saturated heterocycles. The Hall–Kier alpha value is -0.0800. The third kappa shape index (κ3) is 9.45. The summed E-state index contributed by atoms with van der Waals surface area (Å²) in [4.78, 5) is 0. The summed E-state index contributed by atoms with van der Waals surface area (Å²) >= 11 is 0. The van der Waals surface area contributed by atoms with Crippen LogP contribution in [-0.2, 0) is 9.47 Å². The van der Waals surface area contributed by atoms with Crippen molar-refractivity contribution in [3.63, 3.8) is 0 Å². The molecule has 0 N–H and O–H groups in total. The SMILES string of the molecule is COCCC(CCOC)(CCC(C)C)CCC(C)C. The van der Waals surface area contributed by atoms with Crippen molar-refractivity contribution in [3.05, 3.63) is 0 Å². The Morgan fingerprint density at radius 3 is 1.32 bits per heavy atom. The van der Waals surface area contributed by atoms with E-state index in [0.29, 0.717) is 5.41 Å². The molecule has 19 heavy (non-hydrogen) atoms. The van der Waals surface area contributed by atoms with Crippen molar-refractivity contribution < 1.29 is 9.47 Å². The summed E-state index contributed by atoms with van der Waals surface area (Å²) < 4.78 is 10.7. The van der Waals surface area contributed by atoms with Gasteiger partial charge in [-0.15, -0.1) is 0 Å². The van der Waals surface area contributed by atoms with Gasteiger partial charge < -0.3 is 9.47 Å². The van der Waals surface area contributed by atoms with Gasteiger partial charge in [0.2, 0.25) is 0 Å². The fourth-order valence-electron chi connectivity index (χ4n) is 2.58. The van der Waals surface area contributed by atoms with E-state index in [0.717, 1.165) is 25.0 Å². The lowest BCUT2D eigenvalue weighted by Crippen LogP contribution is -2.26. The van der Waals surface area contributed by atoms with E-state index >= 15 is 0 Å². The molecule has 0 spiro atoms. The first-order chi connectivity index (χ1) is 8.95. The van der Waals surface area contributed by atoms with Gasteiger partial charge in [0.05, 0.1) is 0 Å². The highest BCUT2D eigenvalue weighted by Gasteiger charge is 2.29. The summed E-state index contributed by atoms with van der Waals surface area (Å²) in [7, 11) is 3.62. The monoisotopic (exact) mass is 272 g/mol. The second kappa shape index (κ2) is 10.7. The van der Waals surface area contributed by atoms with Crippen LogP contribution in [0.3, 0.4) is 0 Å². The lowest BCUT2D eigenvalue weighted by Gasteiger charge is -2.35. The first kappa shape index (κ1) is 18.9. The maximum absolute atomic E-state index is 5.35. The maximum atomic E-state index is 5.35. The number of hydrogen-bond acceptors (Lipinski definition) is 2. The Kier molecular flexibility index (Phi) is 10.6. The van der Waals surface area contributed by atoms with Crippen LogP contribution in [0, 0.1) is 17.3 Å². The fraction of sp³-hybridized carbons (Fsp3) is 1.00. The van der Waals surface area contributed by atoms with Crippen LogP contribution in [-0.4, -0.2) is 27.4 Å². The van der Waals surface area contributed by atoms with Crippen LogP contribution in [0.4, 0.5) is 0 Å². The molecule has 0 rings (SSSR count). The van der Waals surface area contributed by atoms with Crippen molar-refractivity contribution in [2.45, 2.75) is 66.2 Å². The molecule has 0 aliphatic heterocycles. The largest absolute Gasteiger partial charge is 0.385 e. The standard InChI is InChI=1S/C17H36O2/c1-15(2)7-9-17(11-13-18-5,12-14-19-6)10-8-16(3)4/h15-16H,7-14H2,1-6H3.